The van der Waals surface area contributed by atoms with Crippen LogP contribution in [-0.4, -0.2) is 63.8 Å². The fourth-order valence-corrected chi connectivity index (χ4v) is 9.16. The third-order valence-corrected chi connectivity index (χ3v) is 11.4. The molecule has 0 saturated carbocycles. The van der Waals surface area contributed by atoms with E-state index in [2.05, 4.69) is 0 Å². The standard InChI is InChI=1S/C25H40N2O11P2Si2.2Li.2Na/c1-41(2)35-15-21-9-5-7-19(24(21)37-41)11-26(17-39(29,30)31)13-23(14-28)27(18-40(32,33)34)12-20-8-6-10-22-16-36-42(3,4)38-25(20)22;;;;/h5-10,23,28H,11-18H2,1-4H3,(H2,29,30,31)(H2,32,33,34);;;;/q;4*+1/p-4. The Labute approximate surface area is 341 Å². The smallest absolute Gasteiger partial charge is 0.810 e. The molecule has 2 aliphatic rings. The van der Waals surface area contributed by atoms with Gasteiger partial charge in [0.1, 0.15) is 11.5 Å². The maximum absolute atomic E-state index is 12.0. The second kappa shape index (κ2) is 19.6. The largest absolute Gasteiger partial charge is 1.00 e. The third-order valence-electron chi connectivity index (χ3n) is 6.89. The van der Waals surface area contributed by atoms with Crippen molar-refractivity contribution in [1.82, 2.24) is 9.80 Å². The minimum atomic E-state index is -5.13. The van der Waals surface area contributed by atoms with Crippen molar-refractivity contribution in [2.75, 3.05) is 25.7 Å². The van der Waals surface area contributed by atoms with Crippen molar-refractivity contribution in [3.8, 4) is 11.5 Å². The number of nitrogens with zero attached hydrogens (tertiary/aromatic N) is 2. The Hall–Kier alpha value is 1.77. The number of rotatable bonds is 12. The van der Waals surface area contributed by atoms with Crippen molar-refractivity contribution in [3.63, 3.8) is 0 Å². The molecule has 13 nitrogen and oxygen atoms in total. The fraction of sp³-hybridized carbons (Fsp3) is 0.520. The molecule has 1 N–H and O–H groups in total. The fourth-order valence-electron chi connectivity index (χ4n) is 5.05. The molecule has 2 heterocycles. The summed E-state index contributed by atoms with van der Waals surface area (Å²) in [6, 6.07) is 9.63. The van der Waals surface area contributed by atoms with Crippen LogP contribution in [0.5, 0.6) is 11.5 Å². The number of aliphatic hydroxyl groups excluding tert-OH is 1. The SMILES string of the molecule is C[Si]1(C)OCc2cccc(CN(CC(CO)N(Cc3cccc4c3O[Si](C)(C)OC4)CP(=O)([O-])[O-])CP(=O)([O-])[O-])c2O1.[Li+].[Li+].[Na+].[Na+]. The molecule has 2 aromatic rings. The monoisotopic (exact) mass is 718 g/mol. The zero-order chi connectivity index (χ0) is 30.9. The molecule has 1 atom stereocenters. The second-order valence-electron chi connectivity index (χ2n) is 11.5. The maximum atomic E-state index is 12.0. The quantitative estimate of drug-likeness (QED) is 0.161. The van der Waals surface area contributed by atoms with Crippen LogP contribution in [0.25, 0.3) is 0 Å². The van der Waals surface area contributed by atoms with E-state index in [9.17, 15) is 33.8 Å². The Morgan fingerprint density at radius 3 is 1.63 bits per heavy atom. The molecule has 0 bridgehead atoms. The van der Waals surface area contributed by atoms with Crippen molar-refractivity contribution in [3.05, 3.63) is 58.7 Å². The van der Waals surface area contributed by atoms with E-state index in [0.717, 1.165) is 11.1 Å². The van der Waals surface area contributed by atoms with Gasteiger partial charge in [-0.2, -0.15) is 0 Å². The van der Waals surface area contributed by atoms with Crippen LogP contribution in [0.3, 0.4) is 0 Å². The number of hydrogen-bond donors (Lipinski definition) is 1. The molecular weight excluding hydrogens is 682 g/mol. The van der Waals surface area contributed by atoms with Crippen LogP contribution in [-0.2, 0) is 44.3 Å². The average molecular weight is 719 g/mol. The van der Waals surface area contributed by atoms with Crippen molar-refractivity contribution in [1.29, 1.82) is 0 Å². The molecule has 0 saturated heterocycles. The summed E-state index contributed by atoms with van der Waals surface area (Å²) in [5.41, 5.74) is 2.74. The molecule has 2 aliphatic heterocycles. The van der Waals surface area contributed by atoms with Gasteiger partial charge in [0, 0.05) is 60.5 Å². The maximum Gasteiger partial charge on any atom is 1.00 e. The molecule has 0 fully saturated rings. The first-order valence-electron chi connectivity index (χ1n) is 13.4. The predicted molar refractivity (Wildman–Crippen MR) is 150 cm³/mol. The molecule has 1 unspecified atom stereocenters. The topological polar surface area (TPSA) is 190 Å². The second-order valence-corrected chi connectivity index (χ2v) is 21.1. The Bertz CT molecular complexity index is 1390. The summed E-state index contributed by atoms with van der Waals surface area (Å²) in [6.45, 7) is 7.15. The molecule has 4 rings (SSSR count). The summed E-state index contributed by atoms with van der Waals surface area (Å²) in [5.74, 6) is 1.09. The van der Waals surface area contributed by atoms with E-state index < -0.39 is 57.5 Å². The first-order chi connectivity index (χ1) is 19.4. The summed E-state index contributed by atoms with van der Waals surface area (Å²) >= 11 is 0. The Balaban J connectivity index is 0.00000506. The third kappa shape index (κ3) is 14.4. The number of hydrogen-bond acceptors (Lipinski definition) is 13. The summed E-state index contributed by atoms with van der Waals surface area (Å²) in [7, 11) is -15.2. The minimum Gasteiger partial charge on any atom is -0.810 e. The van der Waals surface area contributed by atoms with Gasteiger partial charge < -0.3 is 51.5 Å². The van der Waals surface area contributed by atoms with E-state index in [-0.39, 0.29) is 116 Å². The van der Waals surface area contributed by atoms with Crippen LogP contribution in [0.4, 0.5) is 0 Å². The molecule has 21 heteroatoms. The zero-order valence-electron chi connectivity index (χ0n) is 28.0. The van der Waals surface area contributed by atoms with Crippen LogP contribution < -0.4 is 125 Å². The summed E-state index contributed by atoms with van der Waals surface area (Å²) in [4.78, 5) is 50.5. The summed E-state index contributed by atoms with van der Waals surface area (Å²) in [6.07, 6.45) is -1.81. The molecule has 0 aliphatic carbocycles. The van der Waals surface area contributed by atoms with Crippen LogP contribution in [0.2, 0.25) is 26.2 Å². The number of fused-ring (bicyclic) bond motifs is 2. The molecule has 2 aromatic carbocycles. The van der Waals surface area contributed by atoms with Gasteiger partial charge in [0.05, 0.1) is 19.8 Å². The van der Waals surface area contributed by atoms with Crippen molar-refractivity contribution in [2.24, 2.45) is 0 Å². The van der Waals surface area contributed by atoms with E-state index in [1.807, 2.05) is 38.3 Å². The zero-order valence-corrected chi connectivity index (χ0v) is 35.8. The molecular formula is C25H36Li2N2Na2O11P2Si2. The predicted octanol–water partition coefficient (Wildman–Crippen LogP) is -11.7. The van der Waals surface area contributed by atoms with Gasteiger partial charge in [0.2, 0.25) is 0 Å². The molecule has 46 heavy (non-hydrogen) atoms. The van der Waals surface area contributed by atoms with Gasteiger partial charge in [-0.05, 0) is 26.2 Å². The van der Waals surface area contributed by atoms with E-state index in [1.165, 1.54) is 9.80 Å². The van der Waals surface area contributed by atoms with Crippen molar-refractivity contribution in [2.45, 2.75) is 58.5 Å². The van der Waals surface area contributed by atoms with Gasteiger partial charge in [-0.1, -0.05) is 51.6 Å². The first-order valence-corrected chi connectivity index (χ1v) is 22.5. The van der Waals surface area contributed by atoms with E-state index in [4.69, 9.17) is 17.7 Å². The van der Waals surface area contributed by atoms with Gasteiger partial charge >= 0.3 is 114 Å². The van der Waals surface area contributed by atoms with Crippen LogP contribution in [0, 0.1) is 0 Å². The summed E-state index contributed by atoms with van der Waals surface area (Å²) in [5, 5.41) is 10.4. The van der Waals surface area contributed by atoms with Crippen LogP contribution >= 0.6 is 15.2 Å². The molecule has 234 valence electrons. The van der Waals surface area contributed by atoms with Crippen molar-refractivity contribution < 1.29 is 148 Å². The van der Waals surface area contributed by atoms with Gasteiger partial charge in [0.25, 0.3) is 0 Å². The van der Waals surface area contributed by atoms with E-state index in [1.54, 1.807) is 24.3 Å². The normalized spacial score (nSPS) is 17.0. The van der Waals surface area contributed by atoms with Crippen LogP contribution in [0.1, 0.15) is 22.3 Å². The number of benzene rings is 2. The number of aliphatic hydroxyl groups is 1. The molecule has 0 spiro atoms. The summed E-state index contributed by atoms with van der Waals surface area (Å²) < 4.78 is 47.9. The van der Waals surface area contributed by atoms with Gasteiger partial charge in [-0.25, -0.2) is 0 Å². The van der Waals surface area contributed by atoms with Crippen LogP contribution in [0.15, 0.2) is 36.4 Å². The number of para-hydroxylation sites is 2. The Kier molecular flexibility index (Phi) is 20.3. The van der Waals surface area contributed by atoms with Crippen molar-refractivity contribution >= 4 is 32.3 Å². The van der Waals surface area contributed by atoms with E-state index in [0.29, 0.717) is 35.8 Å². The molecule has 0 aromatic heterocycles. The Morgan fingerprint density at radius 2 is 1.22 bits per heavy atom. The Morgan fingerprint density at radius 1 is 0.783 bits per heavy atom. The van der Waals surface area contributed by atoms with Gasteiger partial charge in [-0.15, -0.1) is 0 Å². The van der Waals surface area contributed by atoms with E-state index >= 15 is 0 Å². The average Bonchev–Trinajstić information content (AvgIpc) is 2.85. The minimum absolute atomic E-state index is 0. The first kappa shape index (κ1) is 47.8. The molecule has 0 amide bonds. The molecule has 0 radical (unpaired) electrons. The van der Waals surface area contributed by atoms with Gasteiger partial charge in [-0.3, -0.25) is 9.80 Å². The van der Waals surface area contributed by atoms with Gasteiger partial charge in [0.15, 0.2) is 0 Å².